The van der Waals surface area contributed by atoms with E-state index in [2.05, 4.69) is 26.6 Å². The topological polar surface area (TPSA) is 58.2 Å². The standard InChI is InChI=1S/C25H21BrN2O2/c26-22-14-8-7-13-21(22)25(27-23(29)17-15-19-9-3-1-4-10-19)28-24(30)18-16-20-11-5-2-6-12-20/h1-18,25H,(H,27,29)(H,28,30)/b17-15+,18-16+. The zero-order valence-electron chi connectivity index (χ0n) is 16.2. The van der Waals surface area contributed by atoms with Crippen LogP contribution in [0.15, 0.2) is 102 Å². The SMILES string of the molecule is O=C(/C=C/c1ccccc1)NC(NC(=O)/C=C/c1ccccc1)c1ccccc1Br. The lowest BCUT2D eigenvalue weighted by Crippen LogP contribution is -2.40. The molecule has 0 heterocycles. The van der Waals surface area contributed by atoms with Crippen molar-refractivity contribution in [1.29, 1.82) is 0 Å². The molecule has 0 atom stereocenters. The van der Waals surface area contributed by atoms with Gasteiger partial charge in [-0.1, -0.05) is 94.8 Å². The largest absolute Gasteiger partial charge is 0.328 e. The van der Waals surface area contributed by atoms with Gasteiger partial charge in [-0.05, 0) is 29.3 Å². The van der Waals surface area contributed by atoms with Gasteiger partial charge in [-0.25, -0.2) is 0 Å². The van der Waals surface area contributed by atoms with E-state index < -0.39 is 6.17 Å². The predicted molar refractivity (Wildman–Crippen MR) is 124 cm³/mol. The second-order valence-corrected chi connectivity index (χ2v) is 7.31. The Balaban J connectivity index is 1.73. The molecule has 0 aliphatic carbocycles. The molecule has 3 rings (SSSR count). The minimum atomic E-state index is -0.693. The van der Waals surface area contributed by atoms with E-state index in [9.17, 15) is 9.59 Å². The summed E-state index contributed by atoms with van der Waals surface area (Å²) < 4.78 is 0.787. The van der Waals surface area contributed by atoms with Crippen LogP contribution in [0.25, 0.3) is 12.2 Å². The number of carbonyl (C=O) groups is 2. The van der Waals surface area contributed by atoms with Crippen molar-refractivity contribution in [2.75, 3.05) is 0 Å². The molecule has 0 unspecified atom stereocenters. The molecular formula is C25H21BrN2O2. The lowest BCUT2D eigenvalue weighted by molar-refractivity contribution is -0.119. The molecule has 0 fully saturated rings. The Morgan fingerprint density at radius 2 is 1.10 bits per heavy atom. The Morgan fingerprint density at radius 1 is 0.667 bits per heavy atom. The number of halogens is 1. The molecule has 0 aliphatic rings. The van der Waals surface area contributed by atoms with Gasteiger partial charge in [-0.3, -0.25) is 9.59 Å². The Kier molecular flexibility index (Phi) is 7.75. The van der Waals surface area contributed by atoms with Gasteiger partial charge < -0.3 is 10.6 Å². The van der Waals surface area contributed by atoms with Gasteiger partial charge in [0.1, 0.15) is 6.17 Å². The highest BCUT2D eigenvalue weighted by molar-refractivity contribution is 9.10. The summed E-state index contributed by atoms with van der Waals surface area (Å²) in [6.07, 6.45) is 5.66. The number of rotatable bonds is 7. The number of amides is 2. The van der Waals surface area contributed by atoms with Gasteiger partial charge in [-0.15, -0.1) is 0 Å². The minimum absolute atomic E-state index is 0.313. The third kappa shape index (κ3) is 6.57. The summed E-state index contributed by atoms with van der Waals surface area (Å²) in [7, 11) is 0. The predicted octanol–water partition coefficient (Wildman–Crippen LogP) is 5.11. The van der Waals surface area contributed by atoms with E-state index in [1.165, 1.54) is 12.2 Å². The highest BCUT2D eigenvalue weighted by atomic mass is 79.9. The van der Waals surface area contributed by atoms with E-state index in [-0.39, 0.29) is 11.8 Å². The lowest BCUT2D eigenvalue weighted by Gasteiger charge is -2.20. The van der Waals surface area contributed by atoms with Crippen LogP contribution in [0.4, 0.5) is 0 Å². The van der Waals surface area contributed by atoms with E-state index in [0.29, 0.717) is 0 Å². The third-order valence-corrected chi connectivity index (χ3v) is 4.97. The van der Waals surface area contributed by atoms with E-state index in [4.69, 9.17) is 0 Å². The molecule has 4 nitrogen and oxygen atoms in total. The van der Waals surface area contributed by atoms with Gasteiger partial charge in [0.2, 0.25) is 11.8 Å². The zero-order valence-corrected chi connectivity index (χ0v) is 17.8. The van der Waals surface area contributed by atoms with Gasteiger partial charge in [0.15, 0.2) is 0 Å². The fourth-order valence-electron chi connectivity index (χ4n) is 2.75. The van der Waals surface area contributed by atoms with Crippen molar-refractivity contribution in [2.45, 2.75) is 6.17 Å². The highest BCUT2D eigenvalue weighted by Crippen LogP contribution is 2.21. The van der Waals surface area contributed by atoms with Crippen LogP contribution < -0.4 is 10.6 Å². The van der Waals surface area contributed by atoms with Crippen molar-refractivity contribution >= 4 is 39.9 Å². The Morgan fingerprint density at radius 3 is 1.57 bits per heavy atom. The first-order valence-electron chi connectivity index (χ1n) is 9.43. The summed E-state index contributed by atoms with van der Waals surface area (Å²) in [6.45, 7) is 0. The maximum atomic E-state index is 12.5. The molecular weight excluding hydrogens is 440 g/mol. The smallest absolute Gasteiger partial charge is 0.245 e. The van der Waals surface area contributed by atoms with Crippen LogP contribution in [0.5, 0.6) is 0 Å². The summed E-state index contributed by atoms with van der Waals surface area (Å²) in [5, 5.41) is 5.70. The minimum Gasteiger partial charge on any atom is -0.328 e. The quantitative estimate of drug-likeness (QED) is 0.380. The Bertz CT molecular complexity index is 984. The zero-order chi connectivity index (χ0) is 21.2. The molecule has 0 spiro atoms. The van der Waals surface area contributed by atoms with Crippen LogP contribution in [-0.4, -0.2) is 11.8 Å². The molecule has 0 aliphatic heterocycles. The maximum Gasteiger partial charge on any atom is 0.245 e. The number of nitrogens with one attached hydrogen (secondary N) is 2. The fraction of sp³-hybridized carbons (Fsp3) is 0.0400. The average molecular weight is 461 g/mol. The van der Waals surface area contributed by atoms with Gasteiger partial charge in [0, 0.05) is 22.2 Å². The molecule has 0 saturated heterocycles. The molecule has 0 aromatic heterocycles. The van der Waals surface area contributed by atoms with Gasteiger partial charge in [-0.2, -0.15) is 0 Å². The Hall–Kier alpha value is -3.44. The first-order chi connectivity index (χ1) is 14.6. The van der Waals surface area contributed by atoms with Crippen LogP contribution in [0.1, 0.15) is 22.9 Å². The van der Waals surface area contributed by atoms with Crippen molar-refractivity contribution in [2.24, 2.45) is 0 Å². The lowest BCUT2D eigenvalue weighted by atomic mass is 10.1. The van der Waals surface area contributed by atoms with Crippen molar-refractivity contribution in [3.63, 3.8) is 0 Å². The van der Waals surface area contributed by atoms with Crippen LogP contribution in [0, 0.1) is 0 Å². The van der Waals surface area contributed by atoms with E-state index in [1.54, 1.807) is 12.2 Å². The molecule has 3 aromatic carbocycles. The number of hydrogen-bond acceptors (Lipinski definition) is 2. The third-order valence-electron chi connectivity index (χ3n) is 4.24. The second-order valence-electron chi connectivity index (χ2n) is 6.46. The molecule has 30 heavy (non-hydrogen) atoms. The summed E-state index contributed by atoms with van der Waals surface area (Å²) in [5.74, 6) is -0.626. The van der Waals surface area contributed by atoms with E-state index >= 15 is 0 Å². The first kappa shape index (κ1) is 21.3. The van der Waals surface area contributed by atoms with Crippen LogP contribution >= 0.6 is 15.9 Å². The van der Waals surface area contributed by atoms with Crippen LogP contribution in [-0.2, 0) is 9.59 Å². The highest BCUT2D eigenvalue weighted by Gasteiger charge is 2.17. The fourth-order valence-corrected chi connectivity index (χ4v) is 3.27. The van der Waals surface area contributed by atoms with E-state index in [1.807, 2.05) is 84.9 Å². The molecule has 5 heteroatoms. The first-order valence-corrected chi connectivity index (χ1v) is 10.2. The summed E-state index contributed by atoms with van der Waals surface area (Å²) in [4.78, 5) is 25.0. The normalized spacial score (nSPS) is 11.1. The van der Waals surface area contributed by atoms with Crippen molar-refractivity contribution in [3.05, 3.63) is 118 Å². The number of hydrogen-bond donors (Lipinski definition) is 2. The van der Waals surface area contributed by atoms with Gasteiger partial charge >= 0.3 is 0 Å². The monoisotopic (exact) mass is 460 g/mol. The second kappa shape index (κ2) is 10.9. The molecule has 0 bridgehead atoms. The molecule has 2 N–H and O–H groups in total. The van der Waals surface area contributed by atoms with Crippen molar-refractivity contribution in [1.82, 2.24) is 10.6 Å². The molecule has 0 saturated carbocycles. The molecule has 150 valence electrons. The van der Waals surface area contributed by atoms with Crippen molar-refractivity contribution in [3.8, 4) is 0 Å². The number of benzene rings is 3. The van der Waals surface area contributed by atoms with Crippen LogP contribution in [0.2, 0.25) is 0 Å². The van der Waals surface area contributed by atoms with Gasteiger partial charge in [0.05, 0.1) is 0 Å². The summed E-state index contributed by atoms with van der Waals surface area (Å²) >= 11 is 3.49. The average Bonchev–Trinajstić information content (AvgIpc) is 2.78. The van der Waals surface area contributed by atoms with Gasteiger partial charge in [0.25, 0.3) is 0 Å². The molecule has 0 radical (unpaired) electrons. The van der Waals surface area contributed by atoms with E-state index in [0.717, 1.165) is 21.2 Å². The maximum absolute atomic E-state index is 12.5. The summed E-state index contributed by atoms with van der Waals surface area (Å²) in [6, 6.07) is 26.5. The van der Waals surface area contributed by atoms with Crippen molar-refractivity contribution < 1.29 is 9.59 Å². The Labute approximate surface area is 184 Å². The molecule has 3 aromatic rings. The molecule has 2 amide bonds. The number of carbonyl (C=O) groups excluding carboxylic acids is 2. The summed E-state index contributed by atoms with van der Waals surface area (Å²) in [5.41, 5.74) is 2.58. The van der Waals surface area contributed by atoms with Crippen LogP contribution in [0.3, 0.4) is 0 Å².